The van der Waals surface area contributed by atoms with Crippen molar-refractivity contribution in [2.24, 2.45) is 0 Å². The van der Waals surface area contributed by atoms with Gasteiger partial charge in [0.1, 0.15) is 5.01 Å². The summed E-state index contributed by atoms with van der Waals surface area (Å²) >= 11 is 1.24. The number of sulfonamides is 1. The maximum absolute atomic E-state index is 13.7. The van der Waals surface area contributed by atoms with E-state index in [4.69, 9.17) is 4.74 Å². The number of thiazole rings is 1. The molecule has 1 N–H and O–H groups in total. The number of methoxy groups -OCH3 is 1. The Morgan fingerprint density at radius 1 is 1.13 bits per heavy atom. The molecule has 0 saturated heterocycles. The third kappa shape index (κ3) is 5.15. The minimum Gasteiger partial charge on any atom is -0.494 e. The van der Waals surface area contributed by atoms with Crippen molar-refractivity contribution in [2.45, 2.75) is 17.5 Å². The van der Waals surface area contributed by atoms with E-state index in [1.54, 1.807) is 5.38 Å². The second-order valence-corrected chi connectivity index (χ2v) is 8.79. The number of hydrogen-bond acceptors (Lipinski definition) is 5. The third-order valence-corrected chi connectivity index (χ3v) is 6.52. The van der Waals surface area contributed by atoms with Crippen molar-refractivity contribution in [3.05, 3.63) is 64.9 Å². The fourth-order valence-corrected chi connectivity index (χ4v) is 4.47. The van der Waals surface area contributed by atoms with Gasteiger partial charge in [-0.2, -0.15) is 13.2 Å². The number of hydrogen-bond donors (Lipinski definition) is 1. The van der Waals surface area contributed by atoms with E-state index in [1.807, 2.05) is 0 Å². The number of ether oxygens (including phenoxy) is 1. The highest BCUT2D eigenvalue weighted by molar-refractivity contribution is 7.89. The van der Waals surface area contributed by atoms with E-state index in [0.29, 0.717) is 16.3 Å². The maximum Gasteiger partial charge on any atom is 0.416 e. The molecule has 3 aromatic rings. The van der Waals surface area contributed by atoms with E-state index >= 15 is 0 Å². The maximum atomic E-state index is 13.7. The predicted molar refractivity (Wildman–Crippen MR) is 104 cm³/mol. The van der Waals surface area contributed by atoms with Crippen LogP contribution in [0.3, 0.4) is 0 Å². The largest absolute Gasteiger partial charge is 0.494 e. The molecule has 0 saturated carbocycles. The number of alkyl halides is 3. The van der Waals surface area contributed by atoms with Crippen molar-refractivity contribution in [1.82, 2.24) is 9.71 Å². The van der Waals surface area contributed by atoms with Gasteiger partial charge in [0.25, 0.3) is 0 Å². The molecule has 0 amide bonds. The van der Waals surface area contributed by atoms with Crippen LogP contribution in [-0.4, -0.2) is 27.1 Å². The second kappa shape index (κ2) is 8.70. The molecular weight excluding hydrogens is 444 g/mol. The first kappa shape index (κ1) is 22.2. The summed E-state index contributed by atoms with van der Waals surface area (Å²) in [5.41, 5.74) is 0.374. The van der Waals surface area contributed by atoms with Gasteiger partial charge in [-0.3, -0.25) is 0 Å². The molecule has 11 heteroatoms. The standard InChI is InChI=1S/C19H16F4N2O3S2/c1-28-17-7-6-15(10-16(17)20)30(26,27)24-9-8-14-11-29-18(25-14)12-2-4-13(5-3-12)19(21,22)23/h2-7,10-11,24H,8-9H2,1H3. The average Bonchev–Trinajstić information content (AvgIpc) is 3.16. The Hall–Kier alpha value is -2.50. The molecule has 0 spiro atoms. The SMILES string of the molecule is COc1ccc(S(=O)(=O)NCCc2csc(-c3ccc(C(F)(F)F)cc3)n2)cc1F. The lowest BCUT2D eigenvalue weighted by molar-refractivity contribution is -0.137. The zero-order valence-electron chi connectivity index (χ0n) is 15.5. The molecule has 3 rings (SSSR count). The fraction of sp³-hybridized carbons (Fsp3) is 0.211. The molecular formula is C19H16F4N2O3S2. The van der Waals surface area contributed by atoms with E-state index in [2.05, 4.69) is 9.71 Å². The van der Waals surface area contributed by atoms with Crippen molar-refractivity contribution >= 4 is 21.4 Å². The van der Waals surface area contributed by atoms with Crippen LogP contribution in [0.5, 0.6) is 5.75 Å². The van der Waals surface area contributed by atoms with Gasteiger partial charge in [0.15, 0.2) is 11.6 Å². The number of halogens is 4. The normalized spacial score (nSPS) is 12.2. The van der Waals surface area contributed by atoms with Crippen LogP contribution in [0.2, 0.25) is 0 Å². The molecule has 1 heterocycles. The van der Waals surface area contributed by atoms with Gasteiger partial charge in [-0.25, -0.2) is 22.5 Å². The minimum absolute atomic E-state index is 0.0200. The highest BCUT2D eigenvalue weighted by Crippen LogP contribution is 2.31. The van der Waals surface area contributed by atoms with E-state index < -0.39 is 27.6 Å². The Kier molecular flexibility index (Phi) is 6.44. The lowest BCUT2D eigenvalue weighted by Crippen LogP contribution is -2.26. The summed E-state index contributed by atoms with van der Waals surface area (Å²) in [6.45, 7) is 0.0200. The van der Waals surface area contributed by atoms with E-state index in [0.717, 1.165) is 18.2 Å². The summed E-state index contributed by atoms with van der Waals surface area (Å²) in [5, 5.41) is 2.23. The molecule has 0 unspecified atom stereocenters. The topological polar surface area (TPSA) is 68.3 Å². The first-order valence-electron chi connectivity index (χ1n) is 8.55. The molecule has 1 aromatic heterocycles. The summed E-state index contributed by atoms with van der Waals surface area (Å²) in [6.07, 6.45) is -4.15. The van der Waals surface area contributed by atoms with Crippen LogP contribution < -0.4 is 9.46 Å². The molecule has 2 aromatic carbocycles. The van der Waals surface area contributed by atoms with Gasteiger partial charge in [-0.1, -0.05) is 12.1 Å². The van der Waals surface area contributed by atoms with E-state index in [1.165, 1.54) is 42.7 Å². The molecule has 5 nitrogen and oxygen atoms in total. The molecule has 0 radical (unpaired) electrons. The van der Waals surface area contributed by atoms with Crippen LogP contribution in [0.25, 0.3) is 10.6 Å². The van der Waals surface area contributed by atoms with Gasteiger partial charge >= 0.3 is 6.18 Å². The Morgan fingerprint density at radius 3 is 2.43 bits per heavy atom. The molecule has 30 heavy (non-hydrogen) atoms. The van der Waals surface area contributed by atoms with Gasteiger partial charge in [0, 0.05) is 23.9 Å². The molecule has 160 valence electrons. The molecule has 0 aliphatic heterocycles. The summed E-state index contributed by atoms with van der Waals surface area (Å²) in [5.74, 6) is -0.853. The predicted octanol–water partition coefficient (Wildman–Crippen LogP) is 4.50. The Labute approximate surface area is 174 Å². The van der Waals surface area contributed by atoms with Crippen molar-refractivity contribution in [1.29, 1.82) is 0 Å². The van der Waals surface area contributed by atoms with Gasteiger partial charge in [0.2, 0.25) is 10.0 Å². The lowest BCUT2D eigenvalue weighted by atomic mass is 10.1. The fourth-order valence-electron chi connectivity index (χ4n) is 2.57. The first-order valence-corrected chi connectivity index (χ1v) is 10.9. The van der Waals surface area contributed by atoms with Crippen molar-refractivity contribution in [3.63, 3.8) is 0 Å². The third-order valence-electron chi connectivity index (χ3n) is 4.12. The zero-order valence-corrected chi connectivity index (χ0v) is 17.2. The highest BCUT2D eigenvalue weighted by atomic mass is 32.2. The Balaban J connectivity index is 1.62. The van der Waals surface area contributed by atoms with Crippen molar-refractivity contribution in [3.8, 4) is 16.3 Å². The highest BCUT2D eigenvalue weighted by Gasteiger charge is 2.30. The van der Waals surface area contributed by atoms with Crippen LogP contribution in [0.4, 0.5) is 17.6 Å². The zero-order chi connectivity index (χ0) is 21.9. The van der Waals surface area contributed by atoms with Crippen LogP contribution >= 0.6 is 11.3 Å². The summed E-state index contributed by atoms with van der Waals surface area (Å²) in [7, 11) is -2.64. The quantitative estimate of drug-likeness (QED) is 0.528. The van der Waals surface area contributed by atoms with Crippen LogP contribution in [0.15, 0.2) is 52.7 Å². The number of nitrogens with one attached hydrogen (secondary N) is 1. The van der Waals surface area contributed by atoms with Gasteiger partial charge in [-0.15, -0.1) is 11.3 Å². The van der Waals surface area contributed by atoms with Crippen LogP contribution in [0, 0.1) is 5.82 Å². The van der Waals surface area contributed by atoms with Crippen molar-refractivity contribution in [2.75, 3.05) is 13.7 Å². The summed E-state index contributed by atoms with van der Waals surface area (Å²) < 4.78 is 83.4. The van der Waals surface area contributed by atoms with Gasteiger partial charge in [-0.05, 0) is 30.3 Å². The number of nitrogens with zero attached hydrogens (tertiary/aromatic N) is 1. The van der Waals surface area contributed by atoms with E-state index in [-0.39, 0.29) is 23.6 Å². The van der Waals surface area contributed by atoms with Gasteiger partial charge < -0.3 is 4.74 Å². The minimum atomic E-state index is -4.41. The average molecular weight is 460 g/mol. The second-order valence-electron chi connectivity index (χ2n) is 6.16. The molecule has 0 bridgehead atoms. The number of rotatable bonds is 7. The lowest BCUT2D eigenvalue weighted by Gasteiger charge is -2.08. The summed E-state index contributed by atoms with van der Waals surface area (Å²) in [6, 6.07) is 7.97. The molecule has 0 aliphatic carbocycles. The number of benzene rings is 2. The molecule has 0 atom stereocenters. The van der Waals surface area contributed by atoms with Crippen LogP contribution in [0.1, 0.15) is 11.3 Å². The van der Waals surface area contributed by atoms with Crippen molar-refractivity contribution < 1.29 is 30.7 Å². The summed E-state index contributed by atoms with van der Waals surface area (Å²) in [4.78, 5) is 4.10. The molecule has 0 fully saturated rings. The van der Waals surface area contributed by atoms with Gasteiger partial charge in [0.05, 0.1) is 23.3 Å². The first-order chi connectivity index (χ1) is 14.1. The number of aromatic nitrogens is 1. The smallest absolute Gasteiger partial charge is 0.416 e. The molecule has 0 aliphatic rings. The Bertz CT molecular complexity index is 1130. The monoisotopic (exact) mass is 460 g/mol. The van der Waals surface area contributed by atoms with E-state index in [9.17, 15) is 26.0 Å². The Morgan fingerprint density at radius 2 is 1.83 bits per heavy atom. The van der Waals surface area contributed by atoms with Crippen LogP contribution in [-0.2, 0) is 22.6 Å².